The topological polar surface area (TPSA) is 55.9 Å². The number of para-hydroxylation sites is 3. The largest absolute Gasteiger partial charge is 0.507 e. The molecule has 0 saturated heterocycles. The van der Waals surface area contributed by atoms with Crippen LogP contribution in [0.3, 0.4) is 0 Å². The maximum atomic E-state index is 12.5. The van der Waals surface area contributed by atoms with Gasteiger partial charge in [0.15, 0.2) is 0 Å². The number of phenols is 1. The Balaban J connectivity index is 1.33. The molecule has 5 nitrogen and oxygen atoms in total. The Hall–Kier alpha value is -7.24. The number of aromatic nitrogens is 4. The Kier molecular flexibility index (Phi) is 9.90. The fourth-order valence-electron chi connectivity index (χ4n) is 9.43. The van der Waals surface area contributed by atoms with E-state index in [1.165, 1.54) is 16.5 Å². The highest BCUT2D eigenvalue weighted by molar-refractivity contribution is 6.17. The van der Waals surface area contributed by atoms with E-state index in [-0.39, 0.29) is 22.5 Å². The number of hydrogen-bond acceptors (Lipinski definition) is 3. The molecule has 0 atom stereocenters. The molecule has 0 fully saturated rings. The number of phenolic OH excluding ortho intramolecular Hbond substituents is 1. The zero-order chi connectivity index (χ0) is 44.5. The fourth-order valence-corrected chi connectivity index (χ4v) is 9.43. The first-order valence-corrected chi connectivity index (χ1v) is 22.4. The van der Waals surface area contributed by atoms with Gasteiger partial charge in [0, 0.05) is 39.3 Å². The second-order valence-electron chi connectivity index (χ2n) is 19.5. The van der Waals surface area contributed by atoms with Crippen LogP contribution in [0.4, 0.5) is 0 Å². The molecule has 0 aliphatic heterocycles. The maximum Gasteiger partial charge on any atom is 0.149 e. The van der Waals surface area contributed by atoms with Gasteiger partial charge < -0.3 is 9.67 Å². The summed E-state index contributed by atoms with van der Waals surface area (Å²) < 4.78 is 4.67. The molecule has 0 spiro atoms. The van der Waals surface area contributed by atoms with Crippen molar-refractivity contribution >= 4 is 32.8 Å². The summed E-state index contributed by atoms with van der Waals surface area (Å²) >= 11 is 0. The van der Waals surface area contributed by atoms with Gasteiger partial charge >= 0.3 is 0 Å². The Bertz CT molecular complexity index is 3360. The third kappa shape index (κ3) is 6.96. The first-order valence-electron chi connectivity index (χ1n) is 22.4. The minimum Gasteiger partial charge on any atom is -0.507 e. The van der Waals surface area contributed by atoms with E-state index in [9.17, 15) is 5.11 Å². The van der Waals surface area contributed by atoms with Crippen LogP contribution in [0.5, 0.6) is 5.75 Å². The van der Waals surface area contributed by atoms with Gasteiger partial charge in [-0.1, -0.05) is 152 Å². The predicted molar refractivity (Wildman–Crippen MR) is 268 cm³/mol. The van der Waals surface area contributed by atoms with Crippen molar-refractivity contribution < 1.29 is 5.11 Å². The highest BCUT2D eigenvalue weighted by atomic mass is 16.3. The molecule has 0 aliphatic carbocycles. The SMILES string of the molecule is CC(C)c1cc(-c2ccccc2)ccc1-n1c(-c2cc(C(C)(C)C)cc(C(C)(C)C)c2O)nc2c(-c3cc(-c4ccccn4)c4c5ccccc5n(-c5ccccc5)c4c3)cccc21. The molecule has 64 heavy (non-hydrogen) atoms. The van der Waals surface area contributed by atoms with Crippen LogP contribution in [-0.2, 0) is 10.8 Å². The minimum absolute atomic E-state index is 0.181. The van der Waals surface area contributed by atoms with Crippen LogP contribution in [0.25, 0.3) is 89.1 Å². The molecule has 5 heteroatoms. The lowest BCUT2D eigenvalue weighted by Crippen LogP contribution is -2.17. The van der Waals surface area contributed by atoms with Gasteiger partial charge in [0.25, 0.3) is 0 Å². The summed E-state index contributed by atoms with van der Waals surface area (Å²) in [6, 6.07) is 58.3. The Morgan fingerprint density at radius 1 is 0.531 bits per heavy atom. The molecule has 0 bridgehead atoms. The molecule has 3 heterocycles. The van der Waals surface area contributed by atoms with Crippen LogP contribution in [-0.4, -0.2) is 24.2 Å². The molecule has 0 aliphatic rings. The average molecular weight is 835 g/mol. The van der Waals surface area contributed by atoms with Crippen molar-refractivity contribution in [2.75, 3.05) is 0 Å². The van der Waals surface area contributed by atoms with Crippen LogP contribution in [0.2, 0.25) is 0 Å². The van der Waals surface area contributed by atoms with E-state index in [2.05, 4.69) is 222 Å². The first kappa shape index (κ1) is 40.8. The van der Waals surface area contributed by atoms with Crippen molar-refractivity contribution in [1.29, 1.82) is 0 Å². The van der Waals surface area contributed by atoms with Crippen molar-refractivity contribution in [2.45, 2.75) is 72.1 Å². The second kappa shape index (κ2) is 15.5. The number of fused-ring (bicyclic) bond motifs is 4. The molecular weight excluding hydrogens is 781 g/mol. The van der Waals surface area contributed by atoms with Crippen LogP contribution in [0.15, 0.2) is 170 Å². The van der Waals surface area contributed by atoms with Crippen LogP contribution in [0.1, 0.15) is 78.0 Å². The van der Waals surface area contributed by atoms with Gasteiger partial charge in [-0.15, -0.1) is 0 Å². The van der Waals surface area contributed by atoms with E-state index in [0.717, 1.165) is 83.5 Å². The van der Waals surface area contributed by atoms with Gasteiger partial charge in [0.1, 0.15) is 11.6 Å². The van der Waals surface area contributed by atoms with E-state index >= 15 is 0 Å². The molecule has 7 aromatic carbocycles. The smallest absolute Gasteiger partial charge is 0.149 e. The lowest BCUT2D eigenvalue weighted by molar-refractivity contribution is 0.446. The number of benzene rings is 7. The summed E-state index contributed by atoms with van der Waals surface area (Å²) in [5.74, 6) is 1.15. The van der Waals surface area contributed by atoms with E-state index in [1.54, 1.807) is 0 Å². The molecular formula is C59H54N4O. The Morgan fingerprint density at radius 2 is 1.23 bits per heavy atom. The van der Waals surface area contributed by atoms with Crippen LogP contribution in [0, 0.1) is 0 Å². The maximum absolute atomic E-state index is 12.5. The van der Waals surface area contributed by atoms with Gasteiger partial charge in [-0.25, -0.2) is 4.98 Å². The number of imidazole rings is 1. The highest BCUT2D eigenvalue weighted by Crippen LogP contribution is 2.47. The third-order valence-corrected chi connectivity index (χ3v) is 12.7. The van der Waals surface area contributed by atoms with Crippen molar-refractivity contribution in [3.8, 4) is 62.0 Å². The lowest BCUT2D eigenvalue weighted by atomic mass is 9.79. The zero-order valence-corrected chi connectivity index (χ0v) is 38.0. The first-order chi connectivity index (χ1) is 30.8. The molecule has 1 N–H and O–H groups in total. The van der Waals surface area contributed by atoms with Gasteiger partial charge in [0.2, 0.25) is 0 Å². The van der Waals surface area contributed by atoms with Crippen LogP contribution >= 0.6 is 0 Å². The number of rotatable bonds is 7. The number of hydrogen-bond donors (Lipinski definition) is 1. The van der Waals surface area contributed by atoms with Gasteiger partial charge in [-0.2, -0.15) is 0 Å². The van der Waals surface area contributed by atoms with E-state index in [1.807, 2.05) is 12.3 Å². The summed E-state index contributed by atoms with van der Waals surface area (Å²) in [6.07, 6.45) is 1.87. The minimum atomic E-state index is -0.322. The van der Waals surface area contributed by atoms with E-state index in [4.69, 9.17) is 9.97 Å². The number of aromatic hydroxyl groups is 1. The number of nitrogens with zero attached hydrogens (tertiary/aromatic N) is 4. The summed E-state index contributed by atoms with van der Waals surface area (Å²) in [4.78, 5) is 10.7. The Morgan fingerprint density at radius 3 is 1.94 bits per heavy atom. The molecule has 316 valence electrons. The lowest BCUT2D eigenvalue weighted by Gasteiger charge is -2.28. The molecule has 0 amide bonds. The zero-order valence-electron chi connectivity index (χ0n) is 38.0. The van der Waals surface area contributed by atoms with E-state index in [0.29, 0.717) is 5.82 Å². The highest BCUT2D eigenvalue weighted by Gasteiger charge is 2.30. The van der Waals surface area contributed by atoms with Crippen molar-refractivity contribution in [2.24, 2.45) is 0 Å². The summed E-state index contributed by atoms with van der Waals surface area (Å²) in [7, 11) is 0. The van der Waals surface area contributed by atoms with Gasteiger partial charge in [-0.05, 0) is 111 Å². The van der Waals surface area contributed by atoms with Crippen molar-refractivity contribution in [3.63, 3.8) is 0 Å². The molecule has 0 saturated carbocycles. The van der Waals surface area contributed by atoms with Gasteiger partial charge in [-0.3, -0.25) is 9.55 Å². The fraction of sp³-hybridized carbons (Fsp3) is 0.186. The molecule has 10 rings (SSSR count). The second-order valence-corrected chi connectivity index (χ2v) is 19.5. The molecule has 10 aromatic rings. The molecule has 3 aromatic heterocycles. The van der Waals surface area contributed by atoms with Crippen LogP contribution < -0.4 is 0 Å². The molecule has 0 radical (unpaired) electrons. The predicted octanol–water partition coefficient (Wildman–Crippen LogP) is 15.6. The Labute approximate surface area is 376 Å². The van der Waals surface area contributed by atoms with Crippen molar-refractivity contribution in [3.05, 3.63) is 187 Å². The summed E-state index contributed by atoms with van der Waals surface area (Å²) in [6.45, 7) is 17.7. The van der Waals surface area contributed by atoms with Crippen molar-refractivity contribution in [1.82, 2.24) is 19.1 Å². The number of pyridine rings is 1. The van der Waals surface area contributed by atoms with E-state index < -0.39 is 0 Å². The summed E-state index contributed by atoms with van der Waals surface area (Å²) in [5.41, 5.74) is 15.9. The van der Waals surface area contributed by atoms with Gasteiger partial charge in [0.05, 0.1) is 39.0 Å². The average Bonchev–Trinajstić information content (AvgIpc) is 3.85. The monoisotopic (exact) mass is 834 g/mol. The summed E-state index contributed by atoms with van der Waals surface area (Å²) in [5, 5.41) is 14.9. The standard InChI is InChI=1S/C59H54N4O/c1-37(2)45-32-39(38-20-11-9-12-21-38)29-30-51(45)63-52-28-19-25-43(55(52)61-57(63)47-35-41(58(3,4)5)36-48(56(47)64)59(6,7)8)40-33-46(49-26-17-18-31-60-49)54-44-24-15-16-27-50(44)62(53(54)34-40)42-22-13-10-14-23-42/h9-37,64H,1-8H3. The normalized spacial score (nSPS) is 12.3. The quantitative estimate of drug-likeness (QED) is 0.174. The third-order valence-electron chi connectivity index (χ3n) is 12.7. The molecule has 0 unspecified atom stereocenters.